The van der Waals surface area contributed by atoms with E-state index in [1.54, 1.807) is 22.3 Å². The van der Waals surface area contributed by atoms with Crippen LogP contribution in [0.4, 0.5) is 0 Å². The van der Waals surface area contributed by atoms with Crippen LogP contribution in [0.1, 0.15) is 43.5 Å². The Hall–Kier alpha value is -2.08. The first-order valence-electron chi connectivity index (χ1n) is 10.9. The van der Waals surface area contributed by atoms with Crippen LogP contribution in [0.3, 0.4) is 0 Å². The van der Waals surface area contributed by atoms with Gasteiger partial charge in [0.2, 0.25) is 0 Å². The summed E-state index contributed by atoms with van der Waals surface area (Å²) in [4.78, 5) is 15.6. The van der Waals surface area contributed by atoms with Crippen molar-refractivity contribution in [2.24, 2.45) is 5.92 Å². The lowest BCUT2D eigenvalue weighted by atomic mass is 10.0. The van der Waals surface area contributed by atoms with Crippen molar-refractivity contribution in [1.29, 1.82) is 0 Å². The highest BCUT2D eigenvalue weighted by atomic mass is 35.5. The van der Waals surface area contributed by atoms with Gasteiger partial charge in [-0.1, -0.05) is 31.5 Å². The van der Waals surface area contributed by atoms with Crippen LogP contribution >= 0.6 is 22.9 Å². The Balaban J connectivity index is 1.53. The molecule has 1 aliphatic heterocycles. The molecule has 6 heteroatoms. The van der Waals surface area contributed by atoms with Crippen molar-refractivity contribution < 1.29 is 9.90 Å². The lowest BCUT2D eigenvalue weighted by Crippen LogP contribution is -2.42. The number of aryl methyl sites for hydroxylation is 1. The number of thiophene rings is 1. The topological polar surface area (TPSA) is 45.5 Å². The fraction of sp³-hybridized carbons (Fsp3) is 0.400. The number of benzene rings is 1. The van der Waals surface area contributed by atoms with Crippen LogP contribution in [0.2, 0.25) is 5.02 Å². The van der Waals surface area contributed by atoms with Crippen molar-refractivity contribution >= 4 is 28.8 Å². The van der Waals surface area contributed by atoms with Crippen LogP contribution < -0.4 is 0 Å². The number of piperidine rings is 1. The molecule has 4 rings (SSSR count). The van der Waals surface area contributed by atoms with Crippen molar-refractivity contribution in [2.45, 2.75) is 45.8 Å². The minimum Gasteiger partial charge on any atom is -0.391 e. The van der Waals surface area contributed by atoms with Crippen LogP contribution in [0.5, 0.6) is 0 Å². The zero-order valence-electron chi connectivity index (χ0n) is 18.1. The van der Waals surface area contributed by atoms with E-state index in [0.29, 0.717) is 29.6 Å². The molecule has 0 radical (unpaired) electrons. The summed E-state index contributed by atoms with van der Waals surface area (Å²) < 4.78 is 2.31. The van der Waals surface area contributed by atoms with Gasteiger partial charge in [-0.25, -0.2) is 0 Å². The number of likely N-dealkylation sites (tertiary alicyclic amines) is 1. The number of nitrogens with zero attached hydrogens (tertiary/aromatic N) is 2. The van der Waals surface area contributed by atoms with Crippen molar-refractivity contribution in [3.05, 3.63) is 58.6 Å². The van der Waals surface area contributed by atoms with Gasteiger partial charge in [0.25, 0.3) is 5.91 Å². The normalized spacial score (nSPS) is 16.8. The van der Waals surface area contributed by atoms with Gasteiger partial charge in [-0.15, -0.1) is 11.3 Å². The second-order valence-electron chi connectivity index (χ2n) is 8.71. The molecule has 1 saturated heterocycles. The number of rotatable bonds is 6. The number of β-amino-alcohol motifs (C(OH)–C–C–N with tert-alkyl or cyclic N) is 1. The van der Waals surface area contributed by atoms with E-state index >= 15 is 0 Å². The minimum atomic E-state index is -0.434. The van der Waals surface area contributed by atoms with Crippen molar-refractivity contribution in [1.82, 2.24) is 9.47 Å². The summed E-state index contributed by atoms with van der Waals surface area (Å²) in [6.45, 7) is 6.57. The Morgan fingerprint density at radius 3 is 2.87 bits per heavy atom. The summed E-state index contributed by atoms with van der Waals surface area (Å²) in [6.07, 6.45) is 4.44. The molecule has 0 saturated carbocycles. The summed E-state index contributed by atoms with van der Waals surface area (Å²) in [5.74, 6) is 0.601. The lowest BCUT2D eigenvalue weighted by molar-refractivity contribution is 0.0474. The highest BCUT2D eigenvalue weighted by Gasteiger charge is 2.23. The molecule has 1 fully saturated rings. The molecule has 1 aromatic carbocycles. The van der Waals surface area contributed by atoms with E-state index in [1.165, 1.54) is 11.3 Å². The third-order valence-corrected chi connectivity index (χ3v) is 7.11. The zero-order valence-corrected chi connectivity index (χ0v) is 19.6. The first-order chi connectivity index (χ1) is 14.9. The number of carbonyl (C=O) groups is 1. The first-order valence-corrected chi connectivity index (χ1v) is 12.2. The number of aliphatic hydroxyl groups is 1. The van der Waals surface area contributed by atoms with Crippen LogP contribution in [0.25, 0.3) is 21.7 Å². The molecule has 0 bridgehead atoms. The lowest BCUT2D eigenvalue weighted by Gasteiger charge is -2.30. The summed E-state index contributed by atoms with van der Waals surface area (Å²) in [5, 5.41) is 12.6. The largest absolute Gasteiger partial charge is 0.391 e. The van der Waals surface area contributed by atoms with Gasteiger partial charge in [0, 0.05) is 58.5 Å². The molecule has 31 heavy (non-hydrogen) atoms. The van der Waals surface area contributed by atoms with Gasteiger partial charge in [0.1, 0.15) is 0 Å². The summed E-state index contributed by atoms with van der Waals surface area (Å²) in [5.41, 5.74) is 3.91. The molecule has 4 nitrogen and oxygen atoms in total. The van der Waals surface area contributed by atoms with Gasteiger partial charge in [-0.3, -0.25) is 4.79 Å². The maximum atomic E-state index is 12.8. The van der Waals surface area contributed by atoms with E-state index < -0.39 is 6.10 Å². The maximum Gasteiger partial charge on any atom is 0.253 e. The van der Waals surface area contributed by atoms with Gasteiger partial charge in [0.05, 0.1) is 11.1 Å². The highest BCUT2D eigenvalue weighted by molar-refractivity contribution is 7.14. The molecular weight excluding hydrogens is 428 g/mol. The number of hydrogen-bond acceptors (Lipinski definition) is 3. The minimum absolute atomic E-state index is 0.0675. The van der Waals surface area contributed by atoms with Gasteiger partial charge in [0.15, 0.2) is 0 Å². The van der Waals surface area contributed by atoms with Crippen LogP contribution in [0.15, 0.2) is 48.0 Å². The number of aliphatic hydroxyl groups excluding tert-OH is 1. The Bertz CT molecular complexity index is 1060. The SMILES string of the molecule is CC(C)CCn1cccc1-c1csc(-c2ccc(C(=O)N3CCCC(O)C3)cc2Cl)c1. The van der Waals surface area contributed by atoms with E-state index in [1.807, 2.05) is 12.1 Å². The average molecular weight is 457 g/mol. The van der Waals surface area contributed by atoms with Gasteiger partial charge >= 0.3 is 0 Å². The second-order valence-corrected chi connectivity index (χ2v) is 10.0. The van der Waals surface area contributed by atoms with Gasteiger partial charge in [-0.05, 0) is 55.5 Å². The first kappa shape index (κ1) is 22.1. The molecule has 1 aliphatic rings. The van der Waals surface area contributed by atoms with E-state index in [9.17, 15) is 9.90 Å². The molecular formula is C25H29ClN2O2S. The Morgan fingerprint density at radius 2 is 2.13 bits per heavy atom. The maximum absolute atomic E-state index is 12.8. The zero-order chi connectivity index (χ0) is 22.0. The number of amides is 1. The predicted molar refractivity (Wildman–Crippen MR) is 129 cm³/mol. The van der Waals surface area contributed by atoms with Gasteiger partial charge < -0.3 is 14.6 Å². The second kappa shape index (κ2) is 9.60. The predicted octanol–water partition coefficient (Wildman–Crippen LogP) is 6.18. The van der Waals surface area contributed by atoms with Crippen LogP contribution in [0, 0.1) is 5.92 Å². The molecule has 3 aromatic rings. The monoisotopic (exact) mass is 456 g/mol. The van der Waals surface area contributed by atoms with E-state index in [0.717, 1.165) is 36.2 Å². The van der Waals surface area contributed by atoms with Crippen LogP contribution in [-0.2, 0) is 6.54 Å². The standard InChI is InChI=1S/C25H29ClN2O2S/c1-17(2)9-12-27-10-4-6-23(27)19-14-24(31-16-19)21-8-7-18(13-22(21)26)25(30)28-11-3-5-20(29)15-28/h4,6-8,10,13-14,16-17,20,29H,3,5,9,11-12,15H2,1-2H3. The Kier molecular flexibility index (Phi) is 6.85. The Morgan fingerprint density at radius 1 is 1.29 bits per heavy atom. The fourth-order valence-electron chi connectivity index (χ4n) is 4.05. The van der Waals surface area contributed by atoms with E-state index in [4.69, 9.17) is 11.6 Å². The third kappa shape index (κ3) is 5.05. The van der Waals surface area contributed by atoms with E-state index in [-0.39, 0.29) is 5.91 Å². The summed E-state index contributed by atoms with van der Waals surface area (Å²) >= 11 is 8.27. The van der Waals surface area contributed by atoms with Gasteiger partial charge in [-0.2, -0.15) is 0 Å². The number of halogens is 1. The Labute approximate surface area is 193 Å². The molecule has 1 N–H and O–H groups in total. The smallest absolute Gasteiger partial charge is 0.253 e. The molecule has 1 amide bonds. The van der Waals surface area contributed by atoms with E-state index in [2.05, 4.69) is 48.2 Å². The molecule has 0 aliphatic carbocycles. The number of aromatic nitrogens is 1. The molecule has 3 heterocycles. The fourth-order valence-corrected chi connectivity index (χ4v) is 5.33. The average Bonchev–Trinajstić information content (AvgIpc) is 3.41. The number of carbonyl (C=O) groups excluding carboxylic acids is 1. The molecule has 1 unspecified atom stereocenters. The molecule has 1 atom stereocenters. The van der Waals surface area contributed by atoms with Crippen LogP contribution in [-0.4, -0.2) is 39.7 Å². The third-order valence-electron chi connectivity index (χ3n) is 5.84. The van der Waals surface area contributed by atoms with Crippen molar-refractivity contribution in [3.63, 3.8) is 0 Å². The van der Waals surface area contributed by atoms with Crippen molar-refractivity contribution in [2.75, 3.05) is 13.1 Å². The van der Waals surface area contributed by atoms with Crippen molar-refractivity contribution in [3.8, 4) is 21.7 Å². The molecule has 0 spiro atoms. The highest BCUT2D eigenvalue weighted by Crippen LogP contribution is 2.37. The number of hydrogen-bond donors (Lipinski definition) is 1. The molecule has 164 valence electrons. The summed E-state index contributed by atoms with van der Waals surface area (Å²) in [7, 11) is 0. The summed E-state index contributed by atoms with van der Waals surface area (Å²) in [6, 6.07) is 12.0. The molecule has 2 aromatic heterocycles. The quantitative estimate of drug-likeness (QED) is 0.481.